The highest BCUT2D eigenvalue weighted by molar-refractivity contribution is 7.88. The number of anilines is 1. The summed E-state index contributed by atoms with van der Waals surface area (Å²) in [5.41, 5.74) is 1.17. The first-order chi connectivity index (χ1) is 9.49. The Labute approximate surface area is 121 Å². The van der Waals surface area contributed by atoms with Gasteiger partial charge in [0.2, 0.25) is 10.0 Å². The normalized spacial score (nSPS) is 23.8. The standard InChI is InChI=1S/C14H22N2O3S/c1-19-11-12-10-16(13-6-4-3-5-7-13)9-8-14(12)15-20(2,17)18/h3-7,12,14-15H,8-11H2,1-2H3/t12-,14?/m0/s1. The van der Waals surface area contributed by atoms with E-state index in [4.69, 9.17) is 4.74 Å². The van der Waals surface area contributed by atoms with Crippen LogP contribution in [0.3, 0.4) is 0 Å². The number of nitrogens with zero attached hydrogens (tertiary/aromatic N) is 1. The highest BCUT2D eigenvalue weighted by Crippen LogP contribution is 2.24. The second-order valence-electron chi connectivity index (χ2n) is 5.28. The largest absolute Gasteiger partial charge is 0.384 e. The zero-order valence-electron chi connectivity index (χ0n) is 12.0. The van der Waals surface area contributed by atoms with Crippen LogP contribution >= 0.6 is 0 Å². The third-order valence-corrected chi connectivity index (χ3v) is 4.33. The maximum atomic E-state index is 11.4. The number of para-hydroxylation sites is 1. The van der Waals surface area contributed by atoms with Crippen molar-refractivity contribution in [1.82, 2.24) is 4.72 Å². The van der Waals surface area contributed by atoms with Gasteiger partial charge < -0.3 is 9.64 Å². The second kappa shape index (κ2) is 6.56. The summed E-state index contributed by atoms with van der Waals surface area (Å²) in [6.45, 7) is 2.19. The average Bonchev–Trinajstić information content (AvgIpc) is 2.40. The molecular weight excluding hydrogens is 276 g/mol. The molecule has 0 saturated carbocycles. The number of hydrogen-bond acceptors (Lipinski definition) is 4. The van der Waals surface area contributed by atoms with E-state index >= 15 is 0 Å². The fourth-order valence-electron chi connectivity index (χ4n) is 2.72. The number of sulfonamides is 1. The molecule has 1 aromatic carbocycles. The van der Waals surface area contributed by atoms with Gasteiger partial charge in [-0.15, -0.1) is 0 Å². The Kier molecular flexibility index (Phi) is 5.01. The minimum atomic E-state index is -3.18. The molecule has 1 aromatic rings. The summed E-state index contributed by atoms with van der Waals surface area (Å²) in [5, 5.41) is 0. The lowest BCUT2D eigenvalue weighted by molar-refractivity contribution is 0.128. The van der Waals surface area contributed by atoms with Gasteiger partial charge in [-0.2, -0.15) is 0 Å². The number of rotatable bonds is 5. The van der Waals surface area contributed by atoms with E-state index in [2.05, 4.69) is 21.8 Å². The summed E-state index contributed by atoms with van der Waals surface area (Å²) in [4.78, 5) is 2.28. The molecule has 1 fully saturated rings. The van der Waals surface area contributed by atoms with Gasteiger partial charge in [-0.3, -0.25) is 0 Å². The van der Waals surface area contributed by atoms with Crippen LogP contribution in [0.4, 0.5) is 5.69 Å². The van der Waals surface area contributed by atoms with Crippen LogP contribution in [0.15, 0.2) is 30.3 Å². The van der Waals surface area contributed by atoms with Gasteiger partial charge in [0.05, 0.1) is 12.9 Å². The average molecular weight is 298 g/mol. The molecule has 1 unspecified atom stereocenters. The fraction of sp³-hybridized carbons (Fsp3) is 0.571. The Bertz CT molecular complexity index is 518. The summed E-state index contributed by atoms with van der Waals surface area (Å²) in [5.74, 6) is 0.156. The van der Waals surface area contributed by atoms with E-state index in [0.717, 1.165) is 19.5 Å². The van der Waals surface area contributed by atoms with Crippen LogP contribution in [0, 0.1) is 5.92 Å². The molecule has 112 valence electrons. The van der Waals surface area contributed by atoms with Gasteiger partial charge in [0.15, 0.2) is 0 Å². The summed E-state index contributed by atoms with van der Waals surface area (Å²) < 4.78 is 30.8. The van der Waals surface area contributed by atoms with Crippen molar-refractivity contribution in [2.75, 3.05) is 38.0 Å². The highest BCUT2D eigenvalue weighted by atomic mass is 32.2. The molecular formula is C14H22N2O3S. The molecule has 0 radical (unpaired) electrons. The van der Waals surface area contributed by atoms with Gasteiger partial charge in [-0.25, -0.2) is 13.1 Å². The first kappa shape index (κ1) is 15.3. The smallest absolute Gasteiger partial charge is 0.208 e. The monoisotopic (exact) mass is 298 g/mol. The van der Waals surface area contributed by atoms with E-state index in [-0.39, 0.29) is 12.0 Å². The topological polar surface area (TPSA) is 58.6 Å². The summed E-state index contributed by atoms with van der Waals surface area (Å²) >= 11 is 0. The molecule has 1 heterocycles. The van der Waals surface area contributed by atoms with Crippen LogP contribution in [0.1, 0.15) is 6.42 Å². The van der Waals surface area contributed by atoms with Crippen molar-refractivity contribution in [1.29, 1.82) is 0 Å². The van der Waals surface area contributed by atoms with Crippen LogP contribution in [-0.4, -0.2) is 47.5 Å². The highest BCUT2D eigenvalue weighted by Gasteiger charge is 2.31. The lowest BCUT2D eigenvalue weighted by atomic mass is 9.93. The molecule has 0 spiro atoms. The van der Waals surface area contributed by atoms with Gasteiger partial charge in [0.1, 0.15) is 0 Å². The Morgan fingerprint density at radius 1 is 1.35 bits per heavy atom. The van der Waals surface area contributed by atoms with Gasteiger partial charge >= 0.3 is 0 Å². The zero-order chi connectivity index (χ0) is 14.6. The van der Waals surface area contributed by atoms with Gasteiger partial charge in [0.25, 0.3) is 0 Å². The lowest BCUT2D eigenvalue weighted by Crippen LogP contribution is -2.52. The number of methoxy groups -OCH3 is 1. The van der Waals surface area contributed by atoms with Crippen LogP contribution < -0.4 is 9.62 Å². The van der Waals surface area contributed by atoms with Crippen molar-refractivity contribution in [3.05, 3.63) is 30.3 Å². The molecule has 5 nitrogen and oxygen atoms in total. The third kappa shape index (κ3) is 4.19. The van der Waals surface area contributed by atoms with Crippen LogP contribution in [0.5, 0.6) is 0 Å². The van der Waals surface area contributed by atoms with Crippen molar-refractivity contribution < 1.29 is 13.2 Å². The molecule has 2 atom stereocenters. The first-order valence-corrected chi connectivity index (χ1v) is 8.65. The fourth-order valence-corrected chi connectivity index (χ4v) is 3.58. The van der Waals surface area contributed by atoms with Gasteiger partial charge in [-0.1, -0.05) is 18.2 Å². The van der Waals surface area contributed by atoms with Crippen molar-refractivity contribution in [3.63, 3.8) is 0 Å². The Hall–Kier alpha value is -1.11. The Morgan fingerprint density at radius 2 is 2.05 bits per heavy atom. The van der Waals surface area contributed by atoms with Gasteiger partial charge in [-0.05, 0) is 18.6 Å². The molecule has 2 rings (SSSR count). The maximum Gasteiger partial charge on any atom is 0.208 e. The van der Waals surface area contributed by atoms with E-state index in [0.29, 0.717) is 6.61 Å². The molecule has 0 amide bonds. The minimum absolute atomic E-state index is 0.0510. The van der Waals surface area contributed by atoms with E-state index in [1.807, 2.05) is 18.2 Å². The maximum absolute atomic E-state index is 11.4. The molecule has 6 heteroatoms. The lowest BCUT2D eigenvalue weighted by Gasteiger charge is -2.39. The van der Waals surface area contributed by atoms with E-state index in [1.165, 1.54) is 11.9 Å². The number of benzene rings is 1. The summed E-state index contributed by atoms with van der Waals surface area (Å²) in [6, 6.07) is 10.1. The zero-order valence-corrected chi connectivity index (χ0v) is 12.8. The first-order valence-electron chi connectivity index (χ1n) is 6.76. The third-order valence-electron chi connectivity index (χ3n) is 3.60. The molecule has 1 aliphatic rings. The van der Waals surface area contributed by atoms with Crippen molar-refractivity contribution in [2.45, 2.75) is 12.5 Å². The van der Waals surface area contributed by atoms with Crippen molar-refractivity contribution in [3.8, 4) is 0 Å². The molecule has 0 aromatic heterocycles. The second-order valence-corrected chi connectivity index (χ2v) is 7.06. The van der Waals surface area contributed by atoms with Crippen LogP contribution in [0.2, 0.25) is 0 Å². The summed E-state index contributed by atoms with van der Waals surface area (Å²) in [7, 11) is -1.53. The van der Waals surface area contributed by atoms with E-state index < -0.39 is 10.0 Å². The van der Waals surface area contributed by atoms with E-state index in [1.54, 1.807) is 7.11 Å². The minimum Gasteiger partial charge on any atom is -0.384 e. The SMILES string of the molecule is COC[C@@H]1CN(c2ccccc2)CCC1NS(C)(=O)=O. The van der Waals surface area contributed by atoms with Gasteiger partial charge in [0, 0.05) is 37.8 Å². The number of piperidine rings is 1. The number of nitrogens with one attached hydrogen (secondary N) is 1. The predicted octanol–water partition coefficient (Wildman–Crippen LogP) is 1.08. The molecule has 0 aliphatic carbocycles. The quantitative estimate of drug-likeness (QED) is 0.883. The molecule has 0 bridgehead atoms. The van der Waals surface area contributed by atoms with Crippen molar-refractivity contribution in [2.24, 2.45) is 5.92 Å². The number of hydrogen-bond donors (Lipinski definition) is 1. The molecule has 1 aliphatic heterocycles. The van der Waals surface area contributed by atoms with Crippen LogP contribution in [-0.2, 0) is 14.8 Å². The molecule has 1 saturated heterocycles. The van der Waals surface area contributed by atoms with Crippen LogP contribution in [0.25, 0.3) is 0 Å². The Balaban J connectivity index is 2.07. The predicted molar refractivity (Wildman–Crippen MR) is 80.4 cm³/mol. The summed E-state index contributed by atoms with van der Waals surface area (Å²) in [6.07, 6.45) is 2.00. The molecule has 1 N–H and O–H groups in total. The number of ether oxygens (including phenoxy) is 1. The van der Waals surface area contributed by atoms with Crippen molar-refractivity contribution >= 4 is 15.7 Å². The molecule has 20 heavy (non-hydrogen) atoms. The Morgan fingerprint density at radius 3 is 2.65 bits per heavy atom. The van der Waals surface area contributed by atoms with E-state index in [9.17, 15) is 8.42 Å².